The highest BCUT2D eigenvalue weighted by Crippen LogP contribution is 2.34. The summed E-state index contributed by atoms with van der Waals surface area (Å²) < 4.78 is 32.9. The molecule has 0 radical (unpaired) electrons. The first-order valence-electron chi connectivity index (χ1n) is 4.73. The average molecular weight is 243 g/mol. The molecule has 1 saturated carbocycles. The van der Waals surface area contributed by atoms with Crippen LogP contribution in [0.25, 0.3) is 0 Å². The second kappa shape index (κ2) is 3.55. The van der Waals surface area contributed by atoms with Crippen molar-refractivity contribution in [3.8, 4) is 0 Å². The van der Waals surface area contributed by atoms with Crippen LogP contribution in [0.5, 0.6) is 0 Å². The molecule has 0 heterocycles. The normalized spacial score (nSPS) is 19.1. The second-order valence-electron chi connectivity index (χ2n) is 3.75. The topological polar surface area (TPSA) is 78.2 Å². The lowest BCUT2D eigenvalue weighted by Gasteiger charge is -2.06. The Balaban J connectivity index is 2.45. The van der Waals surface area contributed by atoms with E-state index in [1.807, 2.05) is 0 Å². The number of aromatic carboxylic acids is 1. The molecule has 1 aromatic carbocycles. The molecule has 0 aliphatic heterocycles. The number of nitrogens with one attached hydrogen (secondary N) is 1. The summed E-state index contributed by atoms with van der Waals surface area (Å²) in [5.41, 5.74) is -0.463. The maximum absolute atomic E-state index is 13.3. The second-order valence-corrected chi connectivity index (χ2v) is 6.09. The lowest BCUT2D eigenvalue weighted by atomic mass is 10.2. The Hall–Kier alpha value is -1.43. The van der Waals surface area contributed by atoms with Crippen LogP contribution < -0.4 is 0 Å². The molecule has 86 valence electrons. The van der Waals surface area contributed by atoms with Crippen LogP contribution in [0.3, 0.4) is 0 Å². The zero-order valence-corrected chi connectivity index (χ0v) is 9.09. The summed E-state index contributed by atoms with van der Waals surface area (Å²) in [5, 5.41) is 8.42. The smallest absolute Gasteiger partial charge is 0.338 e. The van der Waals surface area contributed by atoms with Gasteiger partial charge in [-0.3, -0.25) is 0 Å². The van der Waals surface area contributed by atoms with Crippen LogP contribution in [0.1, 0.15) is 23.2 Å². The van der Waals surface area contributed by atoms with E-state index < -0.39 is 27.1 Å². The predicted octanol–water partition coefficient (Wildman–Crippen LogP) is 2.09. The van der Waals surface area contributed by atoms with Crippen LogP contribution in [0.15, 0.2) is 23.1 Å². The van der Waals surface area contributed by atoms with Crippen molar-refractivity contribution in [2.45, 2.75) is 23.0 Å². The van der Waals surface area contributed by atoms with Gasteiger partial charge in [-0.1, -0.05) is 0 Å². The molecule has 1 aliphatic rings. The molecule has 1 atom stereocenters. The molecule has 1 aliphatic carbocycles. The Kier molecular flexibility index (Phi) is 2.46. The average Bonchev–Trinajstić information content (AvgIpc) is 2.99. The number of hydrogen-bond acceptors (Lipinski definition) is 3. The van der Waals surface area contributed by atoms with Crippen molar-refractivity contribution in [2.24, 2.45) is 0 Å². The zero-order chi connectivity index (χ0) is 11.9. The Morgan fingerprint density at radius 3 is 2.56 bits per heavy atom. The zero-order valence-electron chi connectivity index (χ0n) is 8.27. The van der Waals surface area contributed by atoms with Crippen LogP contribution in [0.4, 0.5) is 4.39 Å². The largest absolute Gasteiger partial charge is 0.478 e. The summed E-state index contributed by atoms with van der Waals surface area (Å²) in [6.45, 7) is 0. The van der Waals surface area contributed by atoms with E-state index >= 15 is 0 Å². The highest BCUT2D eigenvalue weighted by atomic mass is 32.2. The molecule has 16 heavy (non-hydrogen) atoms. The van der Waals surface area contributed by atoms with E-state index in [4.69, 9.17) is 9.89 Å². The van der Waals surface area contributed by atoms with Crippen molar-refractivity contribution >= 4 is 15.7 Å². The van der Waals surface area contributed by atoms with Gasteiger partial charge in [-0.15, -0.1) is 0 Å². The number of carboxylic acid groups (broad SMARTS) is 1. The number of hydrogen-bond donors (Lipinski definition) is 2. The molecule has 2 N–H and O–H groups in total. The Morgan fingerprint density at radius 1 is 1.50 bits per heavy atom. The minimum atomic E-state index is -2.96. The quantitative estimate of drug-likeness (QED) is 0.853. The summed E-state index contributed by atoms with van der Waals surface area (Å²) in [5.74, 6) is -2.31. The maximum atomic E-state index is 13.3. The fourth-order valence-corrected chi connectivity index (χ4v) is 3.18. The molecule has 1 fully saturated rings. The van der Waals surface area contributed by atoms with Gasteiger partial charge in [0.05, 0.1) is 20.2 Å². The lowest BCUT2D eigenvalue weighted by Crippen LogP contribution is -2.07. The molecule has 2 rings (SSSR count). The molecule has 0 spiro atoms. The summed E-state index contributed by atoms with van der Waals surface area (Å²) in [4.78, 5) is 10.7. The van der Waals surface area contributed by atoms with Gasteiger partial charge in [-0.05, 0) is 31.0 Å². The van der Waals surface area contributed by atoms with Gasteiger partial charge in [0.25, 0.3) is 0 Å². The van der Waals surface area contributed by atoms with Gasteiger partial charge in [0.1, 0.15) is 5.82 Å². The van der Waals surface area contributed by atoms with E-state index in [1.54, 1.807) is 0 Å². The van der Waals surface area contributed by atoms with Crippen molar-refractivity contribution < 1.29 is 18.5 Å². The van der Waals surface area contributed by atoms with Gasteiger partial charge in [0.15, 0.2) is 0 Å². The summed E-state index contributed by atoms with van der Waals surface area (Å²) >= 11 is 0. The van der Waals surface area contributed by atoms with Gasteiger partial charge in [0, 0.05) is 5.25 Å². The van der Waals surface area contributed by atoms with E-state index in [0.717, 1.165) is 12.1 Å². The summed E-state index contributed by atoms with van der Waals surface area (Å²) in [6.07, 6.45) is 1.43. The van der Waals surface area contributed by atoms with Crippen molar-refractivity contribution in [3.05, 3.63) is 29.6 Å². The Bertz CT molecular complexity index is 549. The molecule has 0 saturated heterocycles. The van der Waals surface area contributed by atoms with Crippen molar-refractivity contribution in [1.82, 2.24) is 0 Å². The first kappa shape index (κ1) is 11.1. The number of benzene rings is 1. The molecule has 1 aromatic rings. The first-order chi connectivity index (χ1) is 7.43. The number of rotatable bonds is 3. The standard InChI is InChI=1S/C10H10FNO3S/c11-9-5-7(3-4-8(9)10(13)14)16(12,15)6-1-2-6/h3-6,12H,1-2H2,(H,13,14). The van der Waals surface area contributed by atoms with E-state index in [1.165, 1.54) is 6.07 Å². The van der Waals surface area contributed by atoms with Gasteiger partial charge >= 0.3 is 5.97 Å². The molecule has 4 nitrogen and oxygen atoms in total. The van der Waals surface area contributed by atoms with Crippen LogP contribution in [0.2, 0.25) is 0 Å². The SMILES string of the molecule is N=S(=O)(c1ccc(C(=O)O)c(F)c1)C1CC1. The molecule has 0 bridgehead atoms. The number of halogens is 1. The number of carboxylic acids is 1. The van der Waals surface area contributed by atoms with E-state index in [-0.39, 0.29) is 10.1 Å². The van der Waals surface area contributed by atoms with Crippen molar-refractivity contribution in [1.29, 1.82) is 4.78 Å². The molecular formula is C10H10FNO3S. The monoisotopic (exact) mass is 243 g/mol. The van der Waals surface area contributed by atoms with Gasteiger partial charge in [-0.25, -0.2) is 18.2 Å². The van der Waals surface area contributed by atoms with Crippen LogP contribution in [0, 0.1) is 10.6 Å². The highest BCUT2D eigenvalue weighted by molar-refractivity contribution is 7.93. The minimum Gasteiger partial charge on any atom is -0.478 e. The molecule has 1 unspecified atom stereocenters. The molecule has 0 amide bonds. The highest BCUT2D eigenvalue weighted by Gasteiger charge is 2.34. The van der Waals surface area contributed by atoms with Crippen LogP contribution in [-0.4, -0.2) is 20.5 Å². The summed E-state index contributed by atoms with van der Waals surface area (Å²) in [7, 11) is -2.96. The van der Waals surface area contributed by atoms with E-state index in [9.17, 15) is 13.4 Å². The van der Waals surface area contributed by atoms with Gasteiger partial charge < -0.3 is 5.11 Å². The van der Waals surface area contributed by atoms with Crippen LogP contribution >= 0.6 is 0 Å². The third kappa shape index (κ3) is 1.80. The van der Waals surface area contributed by atoms with Gasteiger partial charge in [-0.2, -0.15) is 0 Å². The summed E-state index contributed by atoms with van der Waals surface area (Å²) in [6, 6.07) is 3.22. The fraction of sp³-hybridized carbons (Fsp3) is 0.300. The first-order valence-corrected chi connectivity index (χ1v) is 6.35. The Labute approximate surface area is 92.1 Å². The van der Waals surface area contributed by atoms with Gasteiger partial charge in [0.2, 0.25) is 0 Å². The molecule has 6 heteroatoms. The Morgan fingerprint density at radius 2 is 2.12 bits per heavy atom. The van der Waals surface area contributed by atoms with Crippen molar-refractivity contribution in [3.63, 3.8) is 0 Å². The van der Waals surface area contributed by atoms with E-state index in [0.29, 0.717) is 12.8 Å². The maximum Gasteiger partial charge on any atom is 0.338 e. The minimum absolute atomic E-state index is 0.0810. The third-order valence-electron chi connectivity index (χ3n) is 2.51. The number of carbonyl (C=O) groups is 1. The fourth-order valence-electron chi connectivity index (χ4n) is 1.45. The van der Waals surface area contributed by atoms with Crippen molar-refractivity contribution in [2.75, 3.05) is 0 Å². The third-order valence-corrected chi connectivity index (χ3v) is 4.88. The van der Waals surface area contributed by atoms with Crippen LogP contribution in [-0.2, 0) is 9.73 Å². The van der Waals surface area contributed by atoms with E-state index in [2.05, 4.69) is 0 Å². The predicted molar refractivity (Wildman–Crippen MR) is 55.5 cm³/mol. The lowest BCUT2D eigenvalue weighted by molar-refractivity contribution is 0.0691. The molecular weight excluding hydrogens is 233 g/mol. The molecule has 0 aromatic heterocycles.